The molecule has 0 N–H and O–H groups in total. The van der Waals surface area contributed by atoms with E-state index in [4.69, 9.17) is 16.3 Å². The van der Waals surface area contributed by atoms with Gasteiger partial charge in [-0.3, -0.25) is 0 Å². The van der Waals surface area contributed by atoms with Crippen molar-refractivity contribution >= 4 is 34.0 Å². The minimum Gasteiger partial charge on any atom is -0.465 e. The van der Waals surface area contributed by atoms with Crippen molar-refractivity contribution in [2.75, 3.05) is 25.1 Å². The molecule has 1 aromatic heterocycles. The van der Waals surface area contributed by atoms with Gasteiger partial charge in [-0.15, -0.1) is 0 Å². The SMILES string of the molecule is CCCC1CCCN(c2nc(Cl)c(C(=O)OC)s2)CC1. The van der Waals surface area contributed by atoms with Crippen molar-refractivity contribution in [3.05, 3.63) is 10.0 Å². The molecule has 0 spiro atoms. The number of anilines is 1. The van der Waals surface area contributed by atoms with E-state index in [0.717, 1.165) is 24.1 Å². The number of aromatic nitrogens is 1. The van der Waals surface area contributed by atoms with Gasteiger partial charge in [0.05, 0.1) is 7.11 Å². The van der Waals surface area contributed by atoms with E-state index in [0.29, 0.717) is 4.88 Å². The van der Waals surface area contributed by atoms with Crippen molar-refractivity contribution in [2.45, 2.75) is 39.0 Å². The van der Waals surface area contributed by atoms with Crippen LogP contribution in [0.5, 0.6) is 0 Å². The van der Waals surface area contributed by atoms with Crippen LogP contribution in [-0.4, -0.2) is 31.2 Å². The van der Waals surface area contributed by atoms with Gasteiger partial charge in [-0.1, -0.05) is 42.7 Å². The lowest BCUT2D eigenvalue weighted by atomic mass is 9.96. The summed E-state index contributed by atoms with van der Waals surface area (Å²) in [6.45, 7) is 4.23. The fraction of sp³-hybridized carbons (Fsp3) is 0.714. The predicted molar refractivity (Wildman–Crippen MR) is 82.9 cm³/mol. The molecule has 0 aromatic carbocycles. The monoisotopic (exact) mass is 316 g/mol. The van der Waals surface area contributed by atoms with Crippen molar-refractivity contribution in [2.24, 2.45) is 5.92 Å². The van der Waals surface area contributed by atoms with Crippen LogP contribution in [0.1, 0.15) is 48.7 Å². The molecule has 0 amide bonds. The molecule has 1 unspecified atom stereocenters. The van der Waals surface area contributed by atoms with E-state index in [1.807, 2.05) is 0 Å². The Balaban J connectivity index is 2.06. The van der Waals surface area contributed by atoms with Crippen LogP contribution in [0, 0.1) is 5.92 Å². The van der Waals surface area contributed by atoms with Crippen LogP contribution >= 0.6 is 22.9 Å². The summed E-state index contributed by atoms with van der Waals surface area (Å²) < 4.78 is 4.72. The molecule has 4 nitrogen and oxygen atoms in total. The van der Waals surface area contributed by atoms with E-state index in [9.17, 15) is 4.79 Å². The number of nitrogens with zero attached hydrogens (tertiary/aromatic N) is 2. The number of ether oxygens (including phenoxy) is 1. The Morgan fingerprint density at radius 1 is 1.50 bits per heavy atom. The maximum absolute atomic E-state index is 11.6. The van der Waals surface area contributed by atoms with E-state index in [2.05, 4.69) is 16.8 Å². The molecule has 20 heavy (non-hydrogen) atoms. The number of hydrogen-bond donors (Lipinski definition) is 0. The highest BCUT2D eigenvalue weighted by Crippen LogP contribution is 2.32. The summed E-state index contributed by atoms with van der Waals surface area (Å²) in [7, 11) is 1.36. The van der Waals surface area contributed by atoms with Gasteiger partial charge in [-0.05, 0) is 25.2 Å². The van der Waals surface area contributed by atoms with Crippen LogP contribution < -0.4 is 4.90 Å². The summed E-state index contributed by atoms with van der Waals surface area (Å²) in [6.07, 6.45) is 6.21. The Kier molecular flexibility index (Phi) is 5.66. The lowest BCUT2D eigenvalue weighted by Crippen LogP contribution is -2.23. The van der Waals surface area contributed by atoms with E-state index >= 15 is 0 Å². The summed E-state index contributed by atoms with van der Waals surface area (Å²) in [5.74, 6) is 0.415. The molecule has 2 heterocycles. The summed E-state index contributed by atoms with van der Waals surface area (Å²) in [6, 6.07) is 0. The normalized spacial score (nSPS) is 19.8. The Labute approximate surface area is 129 Å². The quantitative estimate of drug-likeness (QED) is 0.788. The first kappa shape index (κ1) is 15.6. The predicted octanol–water partition coefficient (Wildman–Crippen LogP) is 3.99. The zero-order chi connectivity index (χ0) is 14.5. The van der Waals surface area contributed by atoms with Crippen LogP contribution in [0.25, 0.3) is 0 Å². The second-order valence-corrected chi connectivity index (χ2v) is 6.52. The minimum absolute atomic E-state index is 0.256. The highest BCUT2D eigenvalue weighted by molar-refractivity contribution is 7.18. The zero-order valence-corrected chi connectivity index (χ0v) is 13.6. The molecule has 0 radical (unpaired) electrons. The number of rotatable bonds is 4. The molecular weight excluding hydrogens is 296 g/mol. The van der Waals surface area contributed by atoms with Crippen LogP contribution in [0.4, 0.5) is 5.13 Å². The van der Waals surface area contributed by atoms with Gasteiger partial charge in [0.25, 0.3) is 0 Å². The Hall–Kier alpha value is -0.810. The van der Waals surface area contributed by atoms with Gasteiger partial charge in [0, 0.05) is 13.1 Å². The van der Waals surface area contributed by atoms with Gasteiger partial charge < -0.3 is 9.64 Å². The van der Waals surface area contributed by atoms with Crippen LogP contribution in [0.15, 0.2) is 0 Å². The van der Waals surface area contributed by atoms with Gasteiger partial charge in [0.2, 0.25) is 0 Å². The lowest BCUT2D eigenvalue weighted by molar-refractivity contribution is 0.0606. The average Bonchev–Trinajstić information content (AvgIpc) is 2.68. The van der Waals surface area contributed by atoms with Gasteiger partial charge in [0.15, 0.2) is 15.2 Å². The first-order chi connectivity index (χ1) is 9.65. The number of thiazole rings is 1. The fourth-order valence-electron chi connectivity index (χ4n) is 2.70. The molecule has 1 aliphatic heterocycles. The number of hydrogen-bond acceptors (Lipinski definition) is 5. The standard InChI is InChI=1S/C14H21ClN2O2S/c1-3-5-10-6-4-8-17(9-7-10)14-16-12(15)11(20-14)13(18)19-2/h10H,3-9H2,1-2H3. The lowest BCUT2D eigenvalue weighted by Gasteiger charge is -2.19. The van der Waals surface area contributed by atoms with Gasteiger partial charge in [-0.25, -0.2) is 9.78 Å². The van der Waals surface area contributed by atoms with Gasteiger partial charge in [0.1, 0.15) is 0 Å². The third-order valence-corrected chi connectivity index (χ3v) is 5.24. The molecule has 112 valence electrons. The van der Waals surface area contributed by atoms with Crippen LogP contribution in [-0.2, 0) is 4.74 Å². The zero-order valence-electron chi connectivity index (χ0n) is 12.0. The molecule has 1 fully saturated rings. The van der Waals surface area contributed by atoms with Crippen molar-refractivity contribution in [1.29, 1.82) is 0 Å². The Morgan fingerprint density at radius 3 is 3.00 bits per heavy atom. The largest absolute Gasteiger partial charge is 0.465 e. The van der Waals surface area contributed by atoms with Crippen LogP contribution in [0.3, 0.4) is 0 Å². The smallest absolute Gasteiger partial charge is 0.351 e. The molecule has 2 rings (SSSR count). The number of esters is 1. The summed E-state index contributed by atoms with van der Waals surface area (Å²) in [5, 5.41) is 1.10. The third kappa shape index (κ3) is 3.64. The van der Waals surface area contributed by atoms with Gasteiger partial charge in [-0.2, -0.15) is 0 Å². The molecule has 1 aliphatic rings. The second kappa shape index (κ2) is 7.27. The highest BCUT2D eigenvalue weighted by Gasteiger charge is 2.23. The maximum atomic E-state index is 11.6. The molecule has 0 bridgehead atoms. The van der Waals surface area contributed by atoms with E-state index < -0.39 is 5.97 Å². The number of methoxy groups -OCH3 is 1. The molecule has 0 saturated carbocycles. The fourth-order valence-corrected chi connectivity index (χ4v) is 3.95. The molecule has 0 aliphatic carbocycles. The highest BCUT2D eigenvalue weighted by atomic mass is 35.5. The average molecular weight is 317 g/mol. The molecule has 1 saturated heterocycles. The molecule has 6 heteroatoms. The first-order valence-electron chi connectivity index (χ1n) is 7.15. The number of carbonyl (C=O) groups excluding carboxylic acids is 1. The minimum atomic E-state index is -0.405. The summed E-state index contributed by atoms with van der Waals surface area (Å²) in [5.41, 5.74) is 0. The van der Waals surface area contributed by atoms with E-state index in [1.54, 1.807) is 0 Å². The van der Waals surface area contributed by atoms with Gasteiger partial charge >= 0.3 is 5.97 Å². The van der Waals surface area contributed by atoms with E-state index in [-0.39, 0.29) is 5.15 Å². The second-order valence-electron chi connectivity index (χ2n) is 5.18. The third-order valence-electron chi connectivity index (χ3n) is 3.76. The van der Waals surface area contributed by atoms with Crippen molar-refractivity contribution < 1.29 is 9.53 Å². The molecule has 1 atom stereocenters. The summed E-state index contributed by atoms with van der Waals surface area (Å²) >= 11 is 7.36. The number of halogens is 1. The Bertz CT molecular complexity index is 464. The topological polar surface area (TPSA) is 42.4 Å². The molecular formula is C14H21ClN2O2S. The first-order valence-corrected chi connectivity index (χ1v) is 8.34. The molecule has 1 aromatic rings. The van der Waals surface area contributed by atoms with Crippen LogP contribution in [0.2, 0.25) is 5.15 Å². The van der Waals surface area contributed by atoms with E-state index in [1.165, 1.54) is 50.6 Å². The summed E-state index contributed by atoms with van der Waals surface area (Å²) in [4.78, 5) is 18.6. The maximum Gasteiger partial charge on any atom is 0.351 e. The van der Waals surface area contributed by atoms with Crippen molar-refractivity contribution in [3.63, 3.8) is 0 Å². The Morgan fingerprint density at radius 2 is 2.30 bits per heavy atom. The van der Waals surface area contributed by atoms with Crippen molar-refractivity contribution in [1.82, 2.24) is 4.98 Å². The number of carbonyl (C=O) groups is 1. The van der Waals surface area contributed by atoms with Crippen molar-refractivity contribution in [3.8, 4) is 0 Å².